The van der Waals surface area contributed by atoms with Crippen molar-refractivity contribution in [2.45, 2.75) is 87.5 Å². The monoisotopic (exact) mass is 713 g/mol. The first kappa shape index (κ1) is 35.4. The van der Waals surface area contributed by atoms with Crippen LogP contribution in [-0.2, 0) is 33.9 Å². The van der Waals surface area contributed by atoms with Gasteiger partial charge >= 0.3 is 6.09 Å². The number of amides is 4. The Morgan fingerprint density at radius 3 is 2.64 bits per heavy atom. The fraction of sp³-hybridized carbons (Fsp3) is 0.559. The second-order valence-corrected chi connectivity index (χ2v) is 16.1. The first-order valence-electron chi connectivity index (χ1n) is 16.7. The molecule has 4 aliphatic rings. The minimum Gasteiger partial charge on any atom is -0.497 e. The van der Waals surface area contributed by atoms with Gasteiger partial charge in [-0.1, -0.05) is 12.2 Å². The van der Waals surface area contributed by atoms with Crippen LogP contribution in [0.4, 0.5) is 4.79 Å². The van der Waals surface area contributed by atoms with Gasteiger partial charge < -0.3 is 34.5 Å². The van der Waals surface area contributed by atoms with Gasteiger partial charge in [0.05, 0.1) is 25.5 Å². The van der Waals surface area contributed by atoms with Crippen molar-refractivity contribution in [3.05, 3.63) is 42.6 Å². The first-order chi connectivity index (χ1) is 23.7. The summed E-state index contributed by atoms with van der Waals surface area (Å²) in [6.45, 7) is 5.26. The van der Waals surface area contributed by atoms with Gasteiger partial charge in [-0.3, -0.25) is 19.1 Å². The van der Waals surface area contributed by atoms with Gasteiger partial charge in [-0.2, -0.15) is 0 Å². The molecule has 0 bridgehead atoms. The highest BCUT2D eigenvalue weighted by atomic mass is 32.2. The number of benzene rings is 1. The summed E-state index contributed by atoms with van der Waals surface area (Å²) in [5.41, 5.74) is -2.37. The zero-order valence-corrected chi connectivity index (χ0v) is 29.3. The van der Waals surface area contributed by atoms with E-state index in [1.165, 1.54) is 4.90 Å². The van der Waals surface area contributed by atoms with E-state index in [2.05, 4.69) is 20.3 Å². The average Bonchev–Trinajstić information content (AvgIpc) is 3.97. The SMILES string of the molecule is COc1ccc2c(O[C@@H]3C[C@H]4C(=O)N[C@]5(C(=O)NS(=O)(=O)C6CC6)C[C@@H]5/C=C\COCC[C@H](NC(=O)OC(C)(C)C)C(=O)N4C3)nccc2c1. The van der Waals surface area contributed by atoms with Crippen LogP contribution in [0.1, 0.15) is 52.9 Å². The summed E-state index contributed by atoms with van der Waals surface area (Å²) in [5.74, 6) is -1.61. The summed E-state index contributed by atoms with van der Waals surface area (Å²) in [4.78, 5) is 60.6. The zero-order chi connectivity index (χ0) is 35.8. The number of carbonyl (C=O) groups excluding carboxylic acids is 4. The lowest BCUT2D eigenvalue weighted by atomic mass is 10.1. The van der Waals surface area contributed by atoms with Gasteiger partial charge in [-0.25, -0.2) is 18.2 Å². The maximum Gasteiger partial charge on any atom is 0.408 e. The number of hydrogen-bond acceptors (Lipinski definition) is 11. The summed E-state index contributed by atoms with van der Waals surface area (Å²) < 4.78 is 50.5. The molecule has 5 atom stereocenters. The van der Waals surface area contributed by atoms with Crippen molar-refractivity contribution in [2.24, 2.45) is 5.92 Å². The van der Waals surface area contributed by atoms with Crippen molar-refractivity contribution in [3.63, 3.8) is 0 Å². The van der Waals surface area contributed by atoms with E-state index in [1.54, 1.807) is 58.4 Å². The highest BCUT2D eigenvalue weighted by Crippen LogP contribution is 2.46. The van der Waals surface area contributed by atoms with Crippen molar-refractivity contribution in [2.75, 3.05) is 26.9 Å². The number of nitrogens with zero attached hydrogens (tertiary/aromatic N) is 2. The van der Waals surface area contributed by atoms with Crippen LogP contribution in [0.15, 0.2) is 42.6 Å². The Labute approximate surface area is 290 Å². The topological polar surface area (TPSA) is 192 Å². The molecule has 3 fully saturated rings. The maximum absolute atomic E-state index is 14.3. The Kier molecular flexibility index (Phi) is 9.70. The van der Waals surface area contributed by atoms with E-state index >= 15 is 0 Å². The van der Waals surface area contributed by atoms with E-state index in [0.717, 1.165) is 5.39 Å². The number of rotatable bonds is 7. The normalized spacial score (nSPS) is 28.0. The number of alkyl carbamates (subject to hydrolysis) is 1. The number of fused-ring (bicyclic) bond motifs is 3. The molecule has 0 radical (unpaired) electrons. The predicted molar refractivity (Wildman–Crippen MR) is 180 cm³/mol. The molecule has 1 saturated heterocycles. The lowest BCUT2D eigenvalue weighted by Gasteiger charge is -2.30. The molecule has 6 rings (SSSR count). The highest BCUT2D eigenvalue weighted by molar-refractivity contribution is 7.91. The number of ether oxygens (including phenoxy) is 4. The molecule has 3 heterocycles. The number of nitrogens with one attached hydrogen (secondary N) is 3. The minimum absolute atomic E-state index is 0.0278. The summed E-state index contributed by atoms with van der Waals surface area (Å²) in [6, 6.07) is 4.96. The second-order valence-electron chi connectivity index (χ2n) is 14.1. The van der Waals surface area contributed by atoms with Crippen molar-refractivity contribution < 1.29 is 46.5 Å². The molecular formula is C34H43N5O10S. The Morgan fingerprint density at radius 1 is 1.14 bits per heavy atom. The van der Waals surface area contributed by atoms with Crippen LogP contribution in [0.2, 0.25) is 0 Å². The molecule has 2 aromatic rings. The van der Waals surface area contributed by atoms with Gasteiger partial charge in [-0.15, -0.1) is 0 Å². The quantitative estimate of drug-likeness (QED) is 0.356. The lowest BCUT2D eigenvalue weighted by Crippen LogP contribution is -2.58. The van der Waals surface area contributed by atoms with Crippen LogP contribution < -0.4 is 24.8 Å². The van der Waals surface area contributed by atoms with Crippen LogP contribution >= 0.6 is 0 Å². The van der Waals surface area contributed by atoms with Crippen LogP contribution in [0, 0.1) is 5.92 Å². The summed E-state index contributed by atoms with van der Waals surface area (Å²) in [7, 11) is -2.33. The van der Waals surface area contributed by atoms with E-state index in [-0.39, 0.29) is 39.0 Å². The molecule has 3 N–H and O–H groups in total. The third-order valence-electron chi connectivity index (χ3n) is 9.15. The van der Waals surface area contributed by atoms with Gasteiger partial charge in [0, 0.05) is 36.9 Å². The first-order valence-corrected chi connectivity index (χ1v) is 18.3. The number of carbonyl (C=O) groups is 4. The van der Waals surface area contributed by atoms with Gasteiger partial charge in [0.15, 0.2) is 0 Å². The van der Waals surface area contributed by atoms with Crippen LogP contribution in [0.3, 0.4) is 0 Å². The van der Waals surface area contributed by atoms with Gasteiger partial charge in [0.2, 0.25) is 27.7 Å². The number of hydrogen-bond donors (Lipinski definition) is 3. The molecule has 15 nitrogen and oxygen atoms in total. The minimum atomic E-state index is -3.90. The standard InChI is InChI=1S/C34H43N5O10S/c1-33(2,3)49-32(43)36-26-12-15-47-14-5-6-21-18-34(21,31(42)38-50(44,45)24-8-9-24)37-28(40)27-17-23(19-39(27)30(26)41)48-29-25-10-7-22(46-4)16-20(25)11-13-35-29/h5-7,10-11,13,16,21,23-24,26-27H,8-9,12,14-15,17-19H2,1-4H3,(H,36,43)(H,37,40)(H,38,42)/b6-5-/t21-,23+,26-,27-,34+/m0/s1. The summed E-state index contributed by atoms with van der Waals surface area (Å²) in [5, 5.41) is 6.31. The molecule has 16 heteroatoms. The zero-order valence-electron chi connectivity index (χ0n) is 28.5. The molecule has 2 saturated carbocycles. The molecule has 2 aliphatic carbocycles. The Bertz CT molecular complexity index is 1810. The van der Waals surface area contributed by atoms with Crippen molar-refractivity contribution in [1.29, 1.82) is 0 Å². The summed E-state index contributed by atoms with van der Waals surface area (Å²) in [6.07, 6.45) is 4.66. The van der Waals surface area contributed by atoms with Crippen molar-refractivity contribution in [1.82, 2.24) is 25.2 Å². The highest BCUT2D eigenvalue weighted by Gasteiger charge is 2.62. The van der Waals surface area contributed by atoms with E-state index in [4.69, 9.17) is 18.9 Å². The van der Waals surface area contributed by atoms with Gasteiger partial charge in [0.1, 0.15) is 35.1 Å². The predicted octanol–water partition coefficient (Wildman–Crippen LogP) is 1.94. The Morgan fingerprint density at radius 2 is 1.92 bits per heavy atom. The largest absolute Gasteiger partial charge is 0.497 e. The molecular weight excluding hydrogens is 670 g/mol. The number of aromatic nitrogens is 1. The molecule has 1 aromatic heterocycles. The number of methoxy groups -OCH3 is 1. The van der Waals surface area contributed by atoms with Crippen molar-refractivity contribution >= 4 is 44.6 Å². The third kappa shape index (κ3) is 7.80. The van der Waals surface area contributed by atoms with Gasteiger partial charge in [-0.05, 0) is 69.7 Å². The molecule has 2 aliphatic heterocycles. The maximum atomic E-state index is 14.3. The van der Waals surface area contributed by atoms with E-state index in [1.807, 2.05) is 12.1 Å². The molecule has 4 amide bonds. The number of sulfonamides is 1. The molecule has 0 unspecified atom stereocenters. The fourth-order valence-electron chi connectivity index (χ4n) is 6.33. The Hall–Kier alpha value is -4.44. The molecule has 1 aromatic carbocycles. The van der Waals surface area contributed by atoms with E-state index < -0.39 is 74.3 Å². The third-order valence-corrected chi connectivity index (χ3v) is 11.0. The molecule has 270 valence electrons. The smallest absolute Gasteiger partial charge is 0.408 e. The van der Waals surface area contributed by atoms with Crippen LogP contribution in [-0.4, -0.2) is 104 Å². The lowest BCUT2D eigenvalue weighted by molar-refractivity contribution is -0.141. The average molecular weight is 714 g/mol. The molecule has 0 spiro atoms. The van der Waals surface area contributed by atoms with E-state index in [0.29, 0.717) is 29.9 Å². The second kappa shape index (κ2) is 13.7. The van der Waals surface area contributed by atoms with Gasteiger partial charge in [0.25, 0.3) is 5.91 Å². The van der Waals surface area contributed by atoms with Crippen LogP contribution in [0.5, 0.6) is 11.6 Å². The fourth-order valence-corrected chi connectivity index (χ4v) is 7.69. The Balaban J connectivity index is 1.30. The van der Waals surface area contributed by atoms with Crippen molar-refractivity contribution in [3.8, 4) is 11.6 Å². The van der Waals surface area contributed by atoms with Crippen LogP contribution in [0.25, 0.3) is 10.8 Å². The summed E-state index contributed by atoms with van der Waals surface area (Å²) >= 11 is 0. The van der Waals surface area contributed by atoms with E-state index in [9.17, 15) is 27.6 Å². The molecule has 50 heavy (non-hydrogen) atoms. The number of pyridine rings is 1.